The molecule has 0 amide bonds. The van der Waals surface area contributed by atoms with Crippen molar-refractivity contribution in [3.63, 3.8) is 0 Å². The molecule has 0 aliphatic carbocycles. The van der Waals surface area contributed by atoms with Gasteiger partial charge in [-0.2, -0.15) is 0 Å². The second-order valence-electron chi connectivity index (χ2n) is 3.75. The molecule has 0 aromatic heterocycles. The van der Waals surface area contributed by atoms with Gasteiger partial charge in [0, 0.05) is 32.7 Å². The normalized spacial score (nSPS) is 19.1. The average molecular weight is 215 g/mol. The first kappa shape index (κ1) is 12.4. The maximum absolute atomic E-state index is 11.0. The van der Waals surface area contributed by atoms with Crippen molar-refractivity contribution in [3.8, 4) is 0 Å². The van der Waals surface area contributed by atoms with E-state index in [1.54, 1.807) is 0 Å². The van der Waals surface area contributed by atoms with Gasteiger partial charge in [-0.25, -0.2) is 5.01 Å². The molecule has 1 saturated heterocycles. The van der Waals surface area contributed by atoms with Gasteiger partial charge < -0.3 is 9.64 Å². The number of nitrogens with one attached hydrogen (secondary N) is 1. The summed E-state index contributed by atoms with van der Waals surface area (Å²) in [6.45, 7) is 7.14. The molecule has 0 unspecified atom stereocenters. The van der Waals surface area contributed by atoms with E-state index >= 15 is 0 Å². The van der Waals surface area contributed by atoms with E-state index in [9.17, 15) is 4.79 Å². The van der Waals surface area contributed by atoms with E-state index < -0.39 is 0 Å². The van der Waals surface area contributed by atoms with Gasteiger partial charge in [-0.15, -0.1) is 0 Å². The number of likely N-dealkylation sites (N-methyl/N-ethyl adjacent to an activating group) is 1. The molecule has 15 heavy (non-hydrogen) atoms. The molecule has 1 heterocycles. The summed E-state index contributed by atoms with van der Waals surface area (Å²) in [5.74, 6) is -0.126. The molecule has 88 valence electrons. The Kier molecular flexibility index (Phi) is 5.60. The Labute approximate surface area is 91.3 Å². The van der Waals surface area contributed by atoms with Crippen molar-refractivity contribution in [2.45, 2.75) is 13.3 Å². The van der Waals surface area contributed by atoms with Gasteiger partial charge in [0.2, 0.25) is 0 Å². The van der Waals surface area contributed by atoms with Gasteiger partial charge in [0.1, 0.15) is 0 Å². The lowest BCUT2D eigenvalue weighted by Crippen LogP contribution is -2.51. The minimum absolute atomic E-state index is 0.126. The van der Waals surface area contributed by atoms with Gasteiger partial charge >= 0.3 is 5.97 Å². The van der Waals surface area contributed by atoms with Crippen LogP contribution in [0.4, 0.5) is 0 Å². The SMILES string of the molecule is CCOC(=O)CCNN1CCN(C)CC1. The molecule has 5 nitrogen and oxygen atoms in total. The van der Waals surface area contributed by atoms with Crippen molar-refractivity contribution in [3.05, 3.63) is 0 Å². The molecule has 1 aliphatic heterocycles. The smallest absolute Gasteiger partial charge is 0.307 e. The van der Waals surface area contributed by atoms with Gasteiger partial charge in [0.15, 0.2) is 0 Å². The highest BCUT2D eigenvalue weighted by Gasteiger charge is 2.13. The maximum Gasteiger partial charge on any atom is 0.307 e. The third-order valence-electron chi connectivity index (χ3n) is 2.47. The monoisotopic (exact) mass is 215 g/mol. The first-order valence-electron chi connectivity index (χ1n) is 5.55. The number of hydrogen-bond acceptors (Lipinski definition) is 5. The third-order valence-corrected chi connectivity index (χ3v) is 2.47. The van der Waals surface area contributed by atoms with Crippen LogP contribution in [0.25, 0.3) is 0 Å². The van der Waals surface area contributed by atoms with Crippen LogP contribution in [0.2, 0.25) is 0 Å². The van der Waals surface area contributed by atoms with Crippen molar-refractivity contribution in [1.82, 2.24) is 15.3 Å². The Morgan fingerprint density at radius 1 is 1.33 bits per heavy atom. The summed E-state index contributed by atoms with van der Waals surface area (Å²) in [7, 11) is 2.12. The highest BCUT2D eigenvalue weighted by atomic mass is 16.5. The molecule has 1 aliphatic rings. The molecular weight excluding hydrogens is 194 g/mol. The van der Waals surface area contributed by atoms with Crippen LogP contribution in [0.5, 0.6) is 0 Å². The number of nitrogens with zero attached hydrogens (tertiary/aromatic N) is 2. The fourth-order valence-corrected chi connectivity index (χ4v) is 1.51. The molecule has 5 heteroatoms. The fraction of sp³-hybridized carbons (Fsp3) is 0.900. The van der Waals surface area contributed by atoms with Gasteiger partial charge in [-0.3, -0.25) is 10.2 Å². The molecule has 1 rings (SSSR count). The summed E-state index contributed by atoms with van der Waals surface area (Å²) in [5, 5.41) is 2.17. The zero-order valence-corrected chi connectivity index (χ0v) is 9.66. The Hall–Kier alpha value is -0.650. The third kappa shape index (κ3) is 5.11. The average Bonchev–Trinajstić information content (AvgIpc) is 2.21. The van der Waals surface area contributed by atoms with Gasteiger partial charge in [0.05, 0.1) is 13.0 Å². The standard InChI is InChI=1S/C10H21N3O2/c1-3-15-10(14)4-5-11-13-8-6-12(2)7-9-13/h11H,3-9H2,1-2H3. The second-order valence-corrected chi connectivity index (χ2v) is 3.75. The van der Waals surface area contributed by atoms with Crippen LogP contribution in [0.3, 0.4) is 0 Å². The molecule has 0 bridgehead atoms. The lowest BCUT2D eigenvalue weighted by Gasteiger charge is -2.32. The number of rotatable bonds is 5. The van der Waals surface area contributed by atoms with E-state index in [-0.39, 0.29) is 5.97 Å². The molecular formula is C10H21N3O2. The Bertz CT molecular complexity index is 191. The minimum atomic E-state index is -0.126. The number of piperazine rings is 1. The summed E-state index contributed by atoms with van der Waals surface area (Å²) in [5.41, 5.74) is 3.24. The lowest BCUT2D eigenvalue weighted by atomic mass is 10.4. The fourth-order valence-electron chi connectivity index (χ4n) is 1.51. The van der Waals surface area contributed by atoms with Gasteiger partial charge in [0.25, 0.3) is 0 Å². The van der Waals surface area contributed by atoms with Crippen LogP contribution in [0.15, 0.2) is 0 Å². The Morgan fingerprint density at radius 3 is 2.60 bits per heavy atom. The lowest BCUT2D eigenvalue weighted by molar-refractivity contribution is -0.143. The molecule has 0 saturated carbocycles. The number of hydrazine groups is 1. The minimum Gasteiger partial charge on any atom is -0.466 e. The highest BCUT2D eigenvalue weighted by Crippen LogP contribution is 1.95. The molecule has 0 radical (unpaired) electrons. The zero-order valence-electron chi connectivity index (χ0n) is 9.66. The van der Waals surface area contributed by atoms with E-state index in [1.165, 1.54) is 0 Å². The predicted octanol–water partition coefficient (Wildman–Crippen LogP) is -0.308. The highest BCUT2D eigenvalue weighted by molar-refractivity contribution is 5.69. The number of hydrogen-bond donors (Lipinski definition) is 1. The van der Waals surface area contributed by atoms with E-state index in [1.807, 2.05) is 6.92 Å². The largest absolute Gasteiger partial charge is 0.466 e. The summed E-state index contributed by atoms with van der Waals surface area (Å²) in [4.78, 5) is 13.3. The van der Waals surface area contributed by atoms with Gasteiger partial charge in [-0.05, 0) is 14.0 Å². The maximum atomic E-state index is 11.0. The van der Waals surface area contributed by atoms with Crippen molar-refractivity contribution in [2.75, 3.05) is 46.4 Å². The molecule has 0 aromatic rings. The number of carbonyl (C=O) groups is 1. The number of esters is 1. The van der Waals surface area contributed by atoms with Crippen LogP contribution in [-0.2, 0) is 9.53 Å². The zero-order chi connectivity index (χ0) is 11.1. The molecule has 0 spiro atoms. The molecule has 0 aromatic carbocycles. The van der Waals surface area contributed by atoms with Crippen molar-refractivity contribution in [2.24, 2.45) is 0 Å². The molecule has 0 atom stereocenters. The summed E-state index contributed by atoms with van der Waals surface area (Å²) >= 11 is 0. The Balaban J connectivity index is 2.02. The first-order chi connectivity index (χ1) is 7.22. The van der Waals surface area contributed by atoms with Crippen LogP contribution >= 0.6 is 0 Å². The first-order valence-corrected chi connectivity index (χ1v) is 5.55. The molecule has 1 fully saturated rings. The van der Waals surface area contributed by atoms with E-state index in [0.29, 0.717) is 19.6 Å². The topological polar surface area (TPSA) is 44.8 Å². The van der Waals surface area contributed by atoms with E-state index in [4.69, 9.17) is 4.74 Å². The predicted molar refractivity (Wildman–Crippen MR) is 58.3 cm³/mol. The quantitative estimate of drug-likeness (QED) is 0.637. The van der Waals surface area contributed by atoms with E-state index in [2.05, 4.69) is 22.4 Å². The van der Waals surface area contributed by atoms with Crippen LogP contribution in [0, 0.1) is 0 Å². The molecule has 1 N–H and O–H groups in total. The van der Waals surface area contributed by atoms with E-state index in [0.717, 1.165) is 26.2 Å². The summed E-state index contributed by atoms with van der Waals surface area (Å²) in [6.07, 6.45) is 0.445. The van der Waals surface area contributed by atoms with Gasteiger partial charge in [-0.1, -0.05) is 0 Å². The second kappa shape index (κ2) is 6.76. The number of ether oxygens (including phenoxy) is 1. The van der Waals surface area contributed by atoms with Crippen molar-refractivity contribution >= 4 is 5.97 Å². The Morgan fingerprint density at radius 2 is 2.00 bits per heavy atom. The summed E-state index contributed by atoms with van der Waals surface area (Å²) < 4.78 is 4.84. The van der Waals surface area contributed by atoms with Crippen molar-refractivity contribution < 1.29 is 9.53 Å². The van der Waals surface area contributed by atoms with Crippen LogP contribution in [-0.4, -0.2) is 62.3 Å². The van der Waals surface area contributed by atoms with Crippen molar-refractivity contribution in [1.29, 1.82) is 0 Å². The number of carbonyl (C=O) groups excluding carboxylic acids is 1. The van der Waals surface area contributed by atoms with Crippen LogP contribution in [0.1, 0.15) is 13.3 Å². The summed E-state index contributed by atoms with van der Waals surface area (Å²) in [6, 6.07) is 0. The van der Waals surface area contributed by atoms with Crippen LogP contribution < -0.4 is 5.43 Å².